The van der Waals surface area contributed by atoms with Crippen molar-refractivity contribution in [3.05, 3.63) is 46.4 Å². The third kappa shape index (κ3) is 4.31. The Balaban J connectivity index is 1.79. The number of hydrogen-bond donors (Lipinski definition) is 1. The molecule has 106 valence electrons. The van der Waals surface area contributed by atoms with Crippen LogP contribution in [0, 0.1) is 6.92 Å². The molecule has 2 aromatic rings. The molecule has 0 aliphatic rings. The Morgan fingerprint density at radius 3 is 2.60 bits per heavy atom. The van der Waals surface area contributed by atoms with E-state index in [0.717, 1.165) is 11.5 Å². The number of ether oxygens (including phenoxy) is 2. The van der Waals surface area contributed by atoms with Gasteiger partial charge in [-0.2, -0.15) is 0 Å². The summed E-state index contributed by atoms with van der Waals surface area (Å²) in [6.07, 6.45) is 0. The van der Waals surface area contributed by atoms with Crippen LogP contribution in [0.4, 0.5) is 0 Å². The molecule has 1 heterocycles. The number of benzene rings is 1. The van der Waals surface area contributed by atoms with Crippen LogP contribution in [-0.4, -0.2) is 29.4 Å². The molecule has 0 aliphatic carbocycles. The largest absolute Gasteiger partial charge is 0.497 e. The summed E-state index contributed by atoms with van der Waals surface area (Å²) in [5, 5.41) is 0.619. The number of nitrogens with one attached hydrogen (secondary N) is 1. The van der Waals surface area contributed by atoms with Crippen LogP contribution in [0.2, 0.25) is 0 Å². The molecule has 1 aromatic carbocycles. The van der Waals surface area contributed by atoms with E-state index in [9.17, 15) is 4.79 Å². The first-order chi connectivity index (χ1) is 9.67. The molecule has 5 nitrogen and oxygen atoms in total. The van der Waals surface area contributed by atoms with E-state index in [1.165, 1.54) is 17.8 Å². The first-order valence-corrected chi connectivity index (χ1v) is 7.13. The number of H-pyrrole nitrogens is 1. The van der Waals surface area contributed by atoms with E-state index in [2.05, 4.69) is 9.97 Å². The molecule has 0 saturated heterocycles. The fraction of sp³-hybridized carbons (Fsp3) is 0.286. The first-order valence-electron chi connectivity index (χ1n) is 6.15. The molecule has 0 atom stereocenters. The van der Waals surface area contributed by atoms with Gasteiger partial charge in [-0.1, -0.05) is 11.8 Å². The van der Waals surface area contributed by atoms with Gasteiger partial charge >= 0.3 is 0 Å². The number of hydrogen-bond acceptors (Lipinski definition) is 5. The van der Waals surface area contributed by atoms with E-state index in [0.29, 0.717) is 23.2 Å². The summed E-state index contributed by atoms with van der Waals surface area (Å²) in [7, 11) is 1.63. The lowest BCUT2D eigenvalue weighted by Crippen LogP contribution is -2.09. The van der Waals surface area contributed by atoms with E-state index < -0.39 is 0 Å². The van der Waals surface area contributed by atoms with Crippen LogP contribution in [0.15, 0.2) is 40.3 Å². The van der Waals surface area contributed by atoms with E-state index >= 15 is 0 Å². The predicted molar refractivity (Wildman–Crippen MR) is 78.8 cm³/mol. The lowest BCUT2D eigenvalue weighted by Gasteiger charge is -2.06. The van der Waals surface area contributed by atoms with Crippen LogP contribution in [0.3, 0.4) is 0 Å². The van der Waals surface area contributed by atoms with Crippen LogP contribution in [-0.2, 0) is 0 Å². The van der Waals surface area contributed by atoms with Crippen molar-refractivity contribution in [2.45, 2.75) is 12.1 Å². The second kappa shape index (κ2) is 7.00. The number of aromatic amines is 1. The van der Waals surface area contributed by atoms with Crippen molar-refractivity contribution >= 4 is 11.8 Å². The molecule has 20 heavy (non-hydrogen) atoms. The highest BCUT2D eigenvalue weighted by atomic mass is 32.2. The second-order valence-electron chi connectivity index (χ2n) is 4.06. The number of aromatic nitrogens is 2. The lowest BCUT2D eigenvalue weighted by atomic mass is 10.3. The van der Waals surface area contributed by atoms with Gasteiger partial charge in [0.15, 0.2) is 5.16 Å². The maximum atomic E-state index is 11.3. The summed E-state index contributed by atoms with van der Waals surface area (Å²) in [6.45, 7) is 2.34. The highest BCUT2D eigenvalue weighted by molar-refractivity contribution is 7.99. The van der Waals surface area contributed by atoms with Crippen LogP contribution in [0.5, 0.6) is 11.5 Å². The maximum absolute atomic E-state index is 11.3. The fourth-order valence-electron chi connectivity index (χ4n) is 1.59. The molecular formula is C14H16N2O3S. The van der Waals surface area contributed by atoms with Gasteiger partial charge in [0.05, 0.1) is 13.7 Å². The van der Waals surface area contributed by atoms with Gasteiger partial charge < -0.3 is 14.5 Å². The number of rotatable bonds is 6. The van der Waals surface area contributed by atoms with Crippen molar-refractivity contribution in [2.75, 3.05) is 19.5 Å². The van der Waals surface area contributed by atoms with Gasteiger partial charge in [0.2, 0.25) is 0 Å². The molecule has 0 fully saturated rings. The zero-order valence-corrected chi connectivity index (χ0v) is 12.2. The summed E-state index contributed by atoms with van der Waals surface area (Å²) in [6, 6.07) is 8.88. The summed E-state index contributed by atoms with van der Waals surface area (Å²) in [4.78, 5) is 18.2. The van der Waals surface area contributed by atoms with E-state index in [4.69, 9.17) is 9.47 Å². The van der Waals surface area contributed by atoms with Crippen LogP contribution in [0.25, 0.3) is 0 Å². The van der Waals surface area contributed by atoms with Crippen molar-refractivity contribution in [1.82, 2.24) is 9.97 Å². The average molecular weight is 292 g/mol. The summed E-state index contributed by atoms with van der Waals surface area (Å²) in [5.74, 6) is 2.30. The molecule has 0 spiro atoms. The van der Waals surface area contributed by atoms with Crippen molar-refractivity contribution in [3.63, 3.8) is 0 Å². The van der Waals surface area contributed by atoms with E-state index in [1.54, 1.807) is 14.0 Å². The Hall–Kier alpha value is -1.95. The average Bonchev–Trinajstić information content (AvgIpc) is 2.43. The zero-order chi connectivity index (χ0) is 14.4. The van der Waals surface area contributed by atoms with Gasteiger partial charge in [0.1, 0.15) is 11.5 Å². The fourth-order valence-corrected chi connectivity index (χ4v) is 2.33. The molecule has 6 heteroatoms. The van der Waals surface area contributed by atoms with Crippen molar-refractivity contribution < 1.29 is 9.47 Å². The number of thioether (sulfide) groups is 1. The number of nitrogens with zero attached hydrogens (tertiary/aromatic N) is 1. The Bertz CT molecular complexity index is 611. The maximum Gasteiger partial charge on any atom is 0.251 e. The van der Waals surface area contributed by atoms with Crippen molar-refractivity contribution in [2.24, 2.45) is 0 Å². The predicted octanol–water partition coefficient (Wildman–Crippen LogP) is 2.26. The molecule has 0 unspecified atom stereocenters. The monoisotopic (exact) mass is 292 g/mol. The highest BCUT2D eigenvalue weighted by Gasteiger charge is 2.00. The van der Waals surface area contributed by atoms with E-state index in [-0.39, 0.29) is 5.56 Å². The molecule has 0 bridgehead atoms. The van der Waals surface area contributed by atoms with Gasteiger partial charge in [-0.15, -0.1) is 0 Å². The Morgan fingerprint density at radius 1 is 1.25 bits per heavy atom. The molecule has 0 aliphatic heterocycles. The Labute approximate surface area is 121 Å². The van der Waals surface area contributed by atoms with Crippen LogP contribution in [0.1, 0.15) is 5.69 Å². The van der Waals surface area contributed by atoms with Gasteiger partial charge in [0.25, 0.3) is 5.56 Å². The second-order valence-corrected chi connectivity index (χ2v) is 5.15. The quantitative estimate of drug-likeness (QED) is 0.502. The smallest absolute Gasteiger partial charge is 0.251 e. The lowest BCUT2D eigenvalue weighted by molar-refractivity contribution is 0.342. The third-order valence-corrected chi connectivity index (χ3v) is 3.34. The van der Waals surface area contributed by atoms with Gasteiger partial charge in [-0.25, -0.2) is 4.98 Å². The van der Waals surface area contributed by atoms with Crippen molar-refractivity contribution in [3.8, 4) is 11.5 Å². The zero-order valence-electron chi connectivity index (χ0n) is 11.4. The number of methoxy groups -OCH3 is 1. The minimum atomic E-state index is -0.129. The Morgan fingerprint density at radius 2 is 1.95 bits per heavy atom. The molecule has 1 N–H and O–H groups in total. The topological polar surface area (TPSA) is 64.2 Å². The number of aryl methyl sites for hydroxylation is 1. The Kier molecular flexibility index (Phi) is 5.06. The SMILES string of the molecule is COc1ccc(OCCSc2nc(C)cc(=O)[nH]2)cc1. The molecule has 2 rings (SSSR count). The minimum Gasteiger partial charge on any atom is -0.497 e. The third-order valence-electron chi connectivity index (χ3n) is 2.50. The normalized spacial score (nSPS) is 10.3. The molecule has 0 saturated carbocycles. The van der Waals surface area contributed by atoms with Crippen LogP contribution < -0.4 is 15.0 Å². The summed E-state index contributed by atoms with van der Waals surface area (Å²) >= 11 is 1.46. The highest BCUT2D eigenvalue weighted by Crippen LogP contribution is 2.18. The molecule has 1 aromatic heterocycles. The summed E-state index contributed by atoms with van der Waals surface area (Å²) in [5.41, 5.74) is 0.586. The van der Waals surface area contributed by atoms with Crippen LogP contribution >= 0.6 is 11.8 Å². The summed E-state index contributed by atoms with van der Waals surface area (Å²) < 4.78 is 10.7. The molecular weight excluding hydrogens is 276 g/mol. The molecule has 0 amide bonds. The standard InChI is InChI=1S/C14H16N2O3S/c1-10-9-13(17)16-14(15-10)20-8-7-19-12-5-3-11(18-2)4-6-12/h3-6,9H,7-8H2,1-2H3,(H,15,16,17). The van der Waals surface area contributed by atoms with Gasteiger partial charge in [-0.05, 0) is 31.2 Å². The molecule has 0 radical (unpaired) electrons. The van der Waals surface area contributed by atoms with Gasteiger partial charge in [-0.3, -0.25) is 4.79 Å². The minimum absolute atomic E-state index is 0.129. The first kappa shape index (κ1) is 14.5. The van der Waals surface area contributed by atoms with Crippen molar-refractivity contribution in [1.29, 1.82) is 0 Å². The van der Waals surface area contributed by atoms with E-state index in [1.807, 2.05) is 24.3 Å². The van der Waals surface area contributed by atoms with Gasteiger partial charge in [0, 0.05) is 17.5 Å².